The van der Waals surface area contributed by atoms with Crippen LogP contribution in [0.1, 0.15) is 16.9 Å². The Morgan fingerprint density at radius 2 is 2.21 bits per heavy atom. The number of ether oxygens (including phenoxy) is 1. The number of aromatic amines is 1. The molecule has 0 aliphatic carbocycles. The molecule has 0 aliphatic heterocycles. The average molecular weight is 261 g/mol. The number of hydrogen-bond donors (Lipinski definition) is 2. The Balaban J connectivity index is 2.24. The van der Waals surface area contributed by atoms with Gasteiger partial charge in [0.1, 0.15) is 5.69 Å². The summed E-state index contributed by atoms with van der Waals surface area (Å²) in [5, 5.41) is 3.35. The van der Waals surface area contributed by atoms with Crippen LogP contribution in [0.25, 0.3) is 10.9 Å². The van der Waals surface area contributed by atoms with Crippen molar-refractivity contribution >= 4 is 16.8 Å². The van der Waals surface area contributed by atoms with Gasteiger partial charge in [0.15, 0.2) is 0 Å². The van der Waals surface area contributed by atoms with Crippen LogP contribution in [0.5, 0.6) is 0 Å². The van der Waals surface area contributed by atoms with E-state index in [4.69, 9.17) is 4.74 Å². The summed E-state index contributed by atoms with van der Waals surface area (Å²) in [7, 11) is 1.60. The summed E-state index contributed by atoms with van der Waals surface area (Å²) in [6, 6.07) is 7.07. The lowest BCUT2D eigenvalue weighted by molar-refractivity contribution is 0.0945. The van der Waals surface area contributed by atoms with E-state index in [0.29, 0.717) is 30.5 Å². The maximum Gasteiger partial charge on any atom is 0.346 e. The highest BCUT2D eigenvalue weighted by atomic mass is 16.5. The average Bonchev–Trinajstić information content (AvgIpc) is 2.42. The molecular weight excluding hydrogens is 246 g/mol. The number of H-pyrrole nitrogens is 1. The summed E-state index contributed by atoms with van der Waals surface area (Å²) in [4.78, 5) is 29.8. The van der Waals surface area contributed by atoms with Crippen LogP contribution in [-0.4, -0.2) is 36.1 Å². The largest absolute Gasteiger partial charge is 0.385 e. The van der Waals surface area contributed by atoms with Gasteiger partial charge in [-0.3, -0.25) is 4.79 Å². The van der Waals surface area contributed by atoms with Crippen LogP contribution in [0.3, 0.4) is 0 Å². The Bertz CT molecular complexity index is 636. The van der Waals surface area contributed by atoms with Gasteiger partial charge in [-0.25, -0.2) is 4.79 Å². The number of fused-ring (bicyclic) bond motifs is 1. The molecule has 1 aromatic carbocycles. The maximum absolute atomic E-state index is 12.0. The van der Waals surface area contributed by atoms with Crippen molar-refractivity contribution in [3.63, 3.8) is 0 Å². The van der Waals surface area contributed by atoms with Crippen molar-refractivity contribution in [2.45, 2.75) is 6.42 Å². The third-order valence-corrected chi connectivity index (χ3v) is 2.66. The van der Waals surface area contributed by atoms with Gasteiger partial charge in [0.05, 0.1) is 5.52 Å². The number of nitrogens with one attached hydrogen (secondary N) is 2. The fourth-order valence-electron chi connectivity index (χ4n) is 1.78. The van der Waals surface area contributed by atoms with Crippen molar-refractivity contribution in [1.82, 2.24) is 15.3 Å². The van der Waals surface area contributed by atoms with E-state index in [1.807, 2.05) is 0 Å². The number of aromatic nitrogens is 2. The topological polar surface area (TPSA) is 84.1 Å². The van der Waals surface area contributed by atoms with Crippen LogP contribution in [-0.2, 0) is 4.74 Å². The van der Waals surface area contributed by atoms with E-state index in [1.54, 1.807) is 31.4 Å². The second-order valence-electron chi connectivity index (χ2n) is 4.04. The number of benzene rings is 1. The van der Waals surface area contributed by atoms with Crippen molar-refractivity contribution in [3.05, 3.63) is 40.4 Å². The minimum Gasteiger partial charge on any atom is -0.385 e. The molecule has 0 fully saturated rings. The molecule has 0 aliphatic rings. The zero-order valence-electron chi connectivity index (χ0n) is 10.6. The first-order valence-electron chi connectivity index (χ1n) is 5.98. The molecule has 6 heteroatoms. The molecule has 2 rings (SSSR count). The van der Waals surface area contributed by atoms with Gasteiger partial charge in [-0.1, -0.05) is 18.2 Å². The molecule has 0 radical (unpaired) electrons. The predicted molar refractivity (Wildman–Crippen MR) is 71.2 cm³/mol. The van der Waals surface area contributed by atoms with Crippen molar-refractivity contribution in [2.24, 2.45) is 0 Å². The molecule has 19 heavy (non-hydrogen) atoms. The Kier molecular flexibility index (Phi) is 4.25. The lowest BCUT2D eigenvalue weighted by Gasteiger charge is -2.06. The summed E-state index contributed by atoms with van der Waals surface area (Å²) in [6.07, 6.45) is 0.712. The summed E-state index contributed by atoms with van der Waals surface area (Å²) in [5.74, 6) is -0.349. The highest BCUT2D eigenvalue weighted by molar-refractivity contribution is 6.04. The molecule has 1 aromatic heterocycles. The molecule has 0 saturated carbocycles. The molecule has 2 N–H and O–H groups in total. The van der Waals surface area contributed by atoms with Gasteiger partial charge < -0.3 is 15.0 Å². The van der Waals surface area contributed by atoms with Gasteiger partial charge in [0.25, 0.3) is 5.91 Å². The molecule has 0 saturated heterocycles. The molecule has 6 nitrogen and oxygen atoms in total. The molecule has 100 valence electrons. The number of carbonyl (C=O) groups is 1. The zero-order valence-corrected chi connectivity index (χ0v) is 10.6. The number of rotatable bonds is 5. The van der Waals surface area contributed by atoms with Crippen LogP contribution in [0, 0.1) is 0 Å². The Morgan fingerprint density at radius 3 is 3.00 bits per heavy atom. The van der Waals surface area contributed by atoms with Gasteiger partial charge in [-0.2, -0.15) is 4.98 Å². The van der Waals surface area contributed by atoms with Gasteiger partial charge in [0, 0.05) is 25.6 Å². The summed E-state index contributed by atoms with van der Waals surface area (Å²) < 4.78 is 4.90. The molecular formula is C13H15N3O3. The van der Waals surface area contributed by atoms with Crippen molar-refractivity contribution in [3.8, 4) is 0 Å². The second kappa shape index (κ2) is 6.10. The normalized spacial score (nSPS) is 10.6. The fourth-order valence-corrected chi connectivity index (χ4v) is 1.78. The van der Waals surface area contributed by atoms with Gasteiger partial charge in [-0.05, 0) is 12.5 Å². The van der Waals surface area contributed by atoms with Crippen molar-refractivity contribution < 1.29 is 9.53 Å². The number of hydrogen-bond acceptors (Lipinski definition) is 4. The van der Waals surface area contributed by atoms with E-state index in [2.05, 4.69) is 15.3 Å². The molecule has 0 atom stereocenters. The Morgan fingerprint density at radius 1 is 1.42 bits per heavy atom. The first-order valence-corrected chi connectivity index (χ1v) is 5.98. The summed E-state index contributed by atoms with van der Waals surface area (Å²) >= 11 is 0. The predicted octanol–water partition coefficient (Wildman–Crippen LogP) is 0.689. The third kappa shape index (κ3) is 3.17. The number of carbonyl (C=O) groups excluding carboxylic acids is 1. The first kappa shape index (κ1) is 13.2. The number of methoxy groups -OCH3 is 1. The Labute approximate surface area is 109 Å². The van der Waals surface area contributed by atoms with Crippen molar-refractivity contribution in [2.75, 3.05) is 20.3 Å². The monoisotopic (exact) mass is 261 g/mol. The van der Waals surface area contributed by atoms with E-state index in [-0.39, 0.29) is 11.6 Å². The van der Waals surface area contributed by atoms with Crippen molar-refractivity contribution in [1.29, 1.82) is 0 Å². The molecule has 1 heterocycles. The molecule has 1 amide bonds. The fraction of sp³-hybridized carbons (Fsp3) is 0.308. The number of nitrogens with zero attached hydrogens (tertiary/aromatic N) is 1. The number of amides is 1. The smallest absolute Gasteiger partial charge is 0.346 e. The van der Waals surface area contributed by atoms with E-state index >= 15 is 0 Å². The Hall–Kier alpha value is -2.21. The summed E-state index contributed by atoms with van der Waals surface area (Å²) in [6.45, 7) is 1.05. The molecule has 0 spiro atoms. The van der Waals surface area contributed by atoms with Crippen LogP contribution in [0.2, 0.25) is 0 Å². The first-order chi connectivity index (χ1) is 9.22. The summed E-state index contributed by atoms with van der Waals surface area (Å²) in [5.41, 5.74) is 0.224. The molecule has 2 aromatic rings. The van der Waals surface area contributed by atoms with Crippen LogP contribution in [0.4, 0.5) is 0 Å². The SMILES string of the molecule is COCCCNC(=O)c1nc(=O)[nH]c2ccccc12. The van der Waals surface area contributed by atoms with Gasteiger partial charge in [0.2, 0.25) is 0 Å². The van der Waals surface area contributed by atoms with Crippen LogP contribution in [0.15, 0.2) is 29.1 Å². The van der Waals surface area contributed by atoms with Crippen LogP contribution < -0.4 is 11.0 Å². The van der Waals surface area contributed by atoms with Gasteiger partial charge >= 0.3 is 5.69 Å². The minimum absolute atomic E-state index is 0.150. The second-order valence-corrected chi connectivity index (χ2v) is 4.04. The van der Waals surface area contributed by atoms with E-state index in [1.165, 1.54) is 0 Å². The van der Waals surface area contributed by atoms with E-state index in [0.717, 1.165) is 0 Å². The maximum atomic E-state index is 12.0. The van der Waals surface area contributed by atoms with Crippen LogP contribution >= 0.6 is 0 Å². The van der Waals surface area contributed by atoms with Gasteiger partial charge in [-0.15, -0.1) is 0 Å². The van der Waals surface area contributed by atoms with E-state index in [9.17, 15) is 9.59 Å². The number of para-hydroxylation sites is 1. The molecule has 0 bridgehead atoms. The standard InChI is InChI=1S/C13H15N3O3/c1-19-8-4-7-14-12(17)11-9-5-2-3-6-10(9)15-13(18)16-11/h2-3,5-6H,4,7-8H2,1H3,(H,14,17)(H,15,16,18). The zero-order chi connectivity index (χ0) is 13.7. The third-order valence-electron chi connectivity index (χ3n) is 2.66. The highest BCUT2D eigenvalue weighted by Gasteiger charge is 2.12. The lowest BCUT2D eigenvalue weighted by atomic mass is 10.2. The highest BCUT2D eigenvalue weighted by Crippen LogP contribution is 2.12. The lowest BCUT2D eigenvalue weighted by Crippen LogP contribution is -2.28. The quantitative estimate of drug-likeness (QED) is 0.775. The molecule has 0 unspecified atom stereocenters. The van der Waals surface area contributed by atoms with E-state index < -0.39 is 5.69 Å². The minimum atomic E-state index is -0.527.